The van der Waals surface area contributed by atoms with Gasteiger partial charge in [0, 0.05) is 6.42 Å². The molecule has 0 amide bonds. The zero-order valence-corrected chi connectivity index (χ0v) is 7.66. The van der Waals surface area contributed by atoms with Crippen LogP contribution >= 0.6 is 0 Å². The molecular formula is C9H14O4. The number of rotatable bonds is 6. The van der Waals surface area contributed by atoms with Gasteiger partial charge in [-0.25, -0.2) is 0 Å². The number of carboxylic acids is 1. The predicted molar refractivity (Wildman–Crippen MR) is 47.2 cm³/mol. The maximum atomic E-state index is 11.1. The molecule has 0 spiro atoms. The number of ether oxygens (including phenoxy) is 1. The quantitative estimate of drug-likeness (QED) is 0.500. The summed E-state index contributed by atoms with van der Waals surface area (Å²) >= 11 is 0. The average Bonchev–Trinajstić information content (AvgIpc) is 2.10. The van der Waals surface area contributed by atoms with Crippen LogP contribution in [0.1, 0.15) is 19.8 Å². The molecule has 1 N–H and O–H groups in total. The van der Waals surface area contributed by atoms with E-state index in [-0.39, 0.29) is 24.9 Å². The average molecular weight is 186 g/mol. The van der Waals surface area contributed by atoms with Crippen LogP contribution in [0.5, 0.6) is 0 Å². The van der Waals surface area contributed by atoms with Gasteiger partial charge in [0.25, 0.3) is 0 Å². The molecule has 0 aromatic heterocycles. The van der Waals surface area contributed by atoms with Crippen molar-refractivity contribution in [3.8, 4) is 0 Å². The first kappa shape index (κ1) is 11.7. The van der Waals surface area contributed by atoms with Gasteiger partial charge in [0.15, 0.2) is 0 Å². The number of carboxylic acid groups (broad SMARTS) is 1. The van der Waals surface area contributed by atoms with Gasteiger partial charge in [-0.1, -0.05) is 19.6 Å². The Morgan fingerprint density at radius 3 is 2.69 bits per heavy atom. The van der Waals surface area contributed by atoms with E-state index in [0.29, 0.717) is 6.42 Å². The van der Waals surface area contributed by atoms with E-state index in [0.717, 1.165) is 0 Å². The van der Waals surface area contributed by atoms with E-state index in [1.807, 2.05) is 0 Å². The van der Waals surface area contributed by atoms with Crippen molar-refractivity contribution in [2.45, 2.75) is 19.8 Å². The molecule has 13 heavy (non-hydrogen) atoms. The van der Waals surface area contributed by atoms with Crippen LogP contribution in [0.2, 0.25) is 0 Å². The fourth-order valence-corrected chi connectivity index (χ4v) is 0.741. The Kier molecular flexibility index (Phi) is 5.59. The van der Waals surface area contributed by atoms with Crippen LogP contribution < -0.4 is 0 Å². The molecule has 0 radical (unpaired) electrons. The van der Waals surface area contributed by atoms with Gasteiger partial charge in [-0.15, -0.1) is 0 Å². The zero-order chi connectivity index (χ0) is 10.3. The Labute approximate surface area is 77.2 Å². The first-order chi connectivity index (χ1) is 6.07. The van der Waals surface area contributed by atoms with Gasteiger partial charge in [0.2, 0.25) is 0 Å². The van der Waals surface area contributed by atoms with E-state index in [9.17, 15) is 9.59 Å². The van der Waals surface area contributed by atoms with Gasteiger partial charge in [-0.2, -0.15) is 0 Å². The second-order valence-electron chi connectivity index (χ2n) is 2.75. The molecule has 0 bridgehead atoms. The molecule has 1 atom stereocenters. The summed E-state index contributed by atoms with van der Waals surface area (Å²) in [6.45, 7) is 5.22. The van der Waals surface area contributed by atoms with Crippen molar-refractivity contribution in [2.24, 2.45) is 5.92 Å². The van der Waals surface area contributed by atoms with Crippen molar-refractivity contribution in [3.63, 3.8) is 0 Å². The summed E-state index contributed by atoms with van der Waals surface area (Å²) in [4.78, 5) is 21.2. The highest BCUT2D eigenvalue weighted by molar-refractivity contribution is 5.73. The fraction of sp³-hybridized carbons (Fsp3) is 0.556. The summed E-state index contributed by atoms with van der Waals surface area (Å²) in [5.74, 6) is -1.64. The first-order valence-corrected chi connectivity index (χ1v) is 4.07. The molecule has 4 heteroatoms. The van der Waals surface area contributed by atoms with Crippen molar-refractivity contribution < 1.29 is 19.4 Å². The van der Waals surface area contributed by atoms with E-state index in [1.54, 1.807) is 6.92 Å². The van der Waals surface area contributed by atoms with E-state index in [1.165, 1.54) is 6.08 Å². The maximum absolute atomic E-state index is 11.1. The zero-order valence-electron chi connectivity index (χ0n) is 7.66. The summed E-state index contributed by atoms with van der Waals surface area (Å²) in [7, 11) is 0. The number of aliphatic carboxylic acids is 1. The van der Waals surface area contributed by atoms with Crippen molar-refractivity contribution in [1.29, 1.82) is 0 Å². The minimum atomic E-state index is -0.900. The highest BCUT2D eigenvalue weighted by Crippen LogP contribution is 2.07. The number of carbonyl (C=O) groups excluding carboxylic acids is 1. The molecule has 0 fully saturated rings. The molecular weight excluding hydrogens is 172 g/mol. The third kappa shape index (κ3) is 5.90. The monoisotopic (exact) mass is 186 g/mol. The second-order valence-corrected chi connectivity index (χ2v) is 2.75. The lowest BCUT2D eigenvalue weighted by Crippen LogP contribution is -2.16. The lowest BCUT2D eigenvalue weighted by Gasteiger charge is -2.08. The van der Waals surface area contributed by atoms with Crippen LogP contribution in [0, 0.1) is 5.92 Å². The third-order valence-electron chi connectivity index (χ3n) is 1.54. The Morgan fingerprint density at radius 1 is 1.62 bits per heavy atom. The molecule has 0 heterocycles. The highest BCUT2D eigenvalue weighted by atomic mass is 16.5. The van der Waals surface area contributed by atoms with Crippen molar-refractivity contribution in [3.05, 3.63) is 12.7 Å². The number of hydrogen-bond acceptors (Lipinski definition) is 3. The van der Waals surface area contributed by atoms with Crippen LogP contribution in [0.3, 0.4) is 0 Å². The minimum Gasteiger partial charge on any atom is -0.481 e. The lowest BCUT2D eigenvalue weighted by atomic mass is 10.1. The van der Waals surface area contributed by atoms with Gasteiger partial charge in [-0.3, -0.25) is 9.59 Å². The molecule has 0 aromatic carbocycles. The van der Waals surface area contributed by atoms with Gasteiger partial charge in [0.05, 0.1) is 5.92 Å². The normalized spacial score (nSPS) is 11.8. The Hall–Kier alpha value is -1.32. The van der Waals surface area contributed by atoms with Crippen molar-refractivity contribution >= 4 is 11.9 Å². The van der Waals surface area contributed by atoms with Crippen LogP contribution in [0.25, 0.3) is 0 Å². The van der Waals surface area contributed by atoms with Gasteiger partial charge < -0.3 is 9.84 Å². The van der Waals surface area contributed by atoms with Gasteiger partial charge >= 0.3 is 11.9 Å². The molecule has 0 unspecified atom stereocenters. The minimum absolute atomic E-state index is 0.00957. The molecule has 0 aliphatic rings. The molecule has 0 aliphatic heterocycles. The second kappa shape index (κ2) is 6.22. The molecule has 0 rings (SSSR count). The predicted octanol–water partition coefficient (Wildman–Crippen LogP) is 1.22. The van der Waals surface area contributed by atoms with E-state index in [2.05, 4.69) is 6.58 Å². The van der Waals surface area contributed by atoms with Gasteiger partial charge in [0.1, 0.15) is 6.61 Å². The van der Waals surface area contributed by atoms with Crippen LogP contribution in [0.4, 0.5) is 0 Å². The number of hydrogen-bond donors (Lipinski definition) is 1. The fourth-order valence-electron chi connectivity index (χ4n) is 0.741. The first-order valence-electron chi connectivity index (χ1n) is 4.07. The lowest BCUT2D eigenvalue weighted by molar-refractivity contribution is -0.147. The third-order valence-corrected chi connectivity index (χ3v) is 1.54. The topological polar surface area (TPSA) is 63.6 Å². The molecule has 0 aromatic rings. The summed E-state index contributed by atoms with van der Waals surface area (Å²) in [5, 5.41) is 8.35. The van der Waals surface area contributed by atoms with E-state index in [4.69, 9.17) is 9.84 Å². The standard InChI is InChI=1S/C9H14O4/c1-3-6-13-9(12)7(2)4-5-8(10)11/h3,7H,1,4-6H2,2H3,(H,10,11)/t7-/m0/s1. The maximum Gasteiger partial charge on any atom is 0.308 e. The summed E-state index contributed by atoms with van der Waals surface area (Å²) < 4.78 is 4.74. The van der Waals surface area contributed by atoms with E-state index >= 15 is 0 Å². The number of carbonyl (C=O) groups is 2. The molecule has 74 valence electrons. The molecule has 4 nitrogen and oxygen atoms in total. The largest absolute Gasteiger partial charge is 0.481 e. The summed E-state index contributed by atoms with van der Waals surface area (Å²) in [6.07, 6.45) is 1.78. The van der Waals surface area contributed by atoms with Gasteiger partial charge in [-0.05, 0) is 6.42 Å². The number of esters is 1. The molecule has 0 saturated heterocycles. The highest BCUT2D eigenvalue weighted by Gasteiger charge is 2.14. The van der Waals surface area contributed by atoms with Crippen LogP contribution in [0.15, 0.2) is 12.7 Å². The SMILES string of the molecule is C=CCOC(=O)[C@@H](C)CCC(=O)O. The van der Waals surface area contributed by atoms with E-state index < -0.39 is 5.97 Å². The smallest absolute Gasteiger partial charge is 0.308 e. The van der Waals surface area contributed by atoms with Crippen LogP contribution in [-0.4, -0.2) is 23.7 Å². The molecule has 0 saturated carbocycles. The molecule has 0 aliphatic carbocycles. The Bertz CT molecular complexity index is 198. The summed E-state index contributed by atoms with van der Waals surface area (Å²) in [6, 6.07) is 0. The van der Waals surface area contributed by atoms with Crippen molar-refractivity contribution in [2.75, 3.05) is 6.61 Å². The Morgan fingerprint density at radius 2 is 2.23 bits per heavy atom. The van der Waals surface area contributed by atoms with Crippen LogP contribution in [-0.2, 0) is 14.3 Å². The van der Waals surface area contributed by atoms with Crippen molar-refractivity contribution in [1.82, 2.24) is 0 Å². The summed E-state index contributed by atoms with van der Waals surface area (Å²) in [5.41, 5.74) is 0. The Balaban J connectivity index is 3.68.